The Balaban J connectivity index is 1.39. The van der Waals surface area contributed by atoms with Gasteiger partial charge in [0.25, 0.3) is 11.5 Å². The molecule has 2 aliphatic rings. The van der Waals surface area contributed by atoms with Crippen LogP contribution in [0.2, 0.25) is 0 Å². The molecule has 0 bridgehead atoms. The van der Waals surface area contributed by atoms with E-state index in [1.807, 2.05) is 0 Å². The first-order chi connectivity index (χ1) is 11.7. The van der Waals surface area contributed by atoms with Crippen molar-refractivity contribution in [1.29, 1.82) is 0 Å². The molecular formula is C17H20N4O3. The third kappa shape index (κ3) is 2.98. The minimum atomic E-state index is -0.242. The molecule has 1 saturated carbocycles. The lowest BCUT2D eigenvalue weighted by molar-refractivity contribution is 0.0942. The molecule has 2 aliphatic carbocycles. The Morgan fingerprint density at radius 1 is 1.29 bits per heavy atom. The van der Waals surface area contributed by atoms with Crippen LogP contribution in [0.3, 0.4) is 0 Å². The molecule has 2 aromatic heterocycles. The Morgan fingerprint density at radius 3 is 2.96 bits per heavy atom. The number of hydrogen-bond acceptors (Lipinski definition) is 5. The molecule has 0 unspecified atom stereocenters. The summed E-state index contributed by atoms with van der Waals surface area (Å²) in [4.78, 5) is 24.2. The quantitative estimate of drug-likeness (QED) is 0.896. The van der Waals surface area contributed by atoms with Crippen LogP contribution in [0, 0.1) is 0 Å². The Hall–Kier alpha value is -2.44. The summed E-state index contributed by atoms with van der Waals surface area (Å²) in [6, 6.07) is 3.35. The maximum atomic E-state index is 12.3. The van der Waals surface area contributed by atoms with Crippen LogP contribution in [0.15, 0.2) is 21.5 Å². The fourth-order valence-corrected chi connectivity index (χ4v) is 3.14. The van der Waals surface area contributed by atoms with Gasteiger partial charge in [0.15, 0.2) is 5.69 Å². The normalized spacial score (nSPS) is 16.7. The number of aryl methyl sites for hydroxylation is 1. The summed E-state index contributed by atoms with van der Waals surface area (Å²) in [5, 5.41) is 11.1. The lowest BCUT2D eigenvalue weighted by atomic mass is 9.96. The first kappa shape index (κ1) is 15.1. The van der Waals surface area contributed by atoms with Crippen LogP contribution in [-0.2, 0) is 19.4 Å². The second-order valence-corrected chi connectivity index (χ2v) is 6.49. The summed E-state index contributed by atoms with van der Waals surface area (Å²) in [6.07, 6.45) is 6.10. The molecule has 0 radical (unpaired) electrons. The standard InChI is InChI=1S/C17H20N4O3/c22-15-8-7-13(11-5-6-11)19-21(15)10-9-18-17(23)16-12-3-1-2-4-14(12)24-20-16/h7-8,11H,1-6,9-10H2,(H,18,23). The number of carbonyl (C=O) groups excluding carboxylic acids is 1. The van der Waals surface area contributed by atoms with Gasteiger partial charge in [0.2, 0.25) is 0 Å². The Kier molecular flexibility index (Phi) is 3.92. The monoisotopic (exact) mass is 328 g/mol. The van der Waals surface area contributed by atoms with Crippen molar-refractivity contribution in [1.82, 2.24) is 20.3 Å². The van der Waals surface area contributed by atoms with Crippen molar-refractivity contribution >= 4 is 5.91 Å². The maximum absolute atomic E-state index is 12.3. The zero-order valence-electron chi connectivity index (χ0n) is 13.5. The molecule has 2 aromatic rings. The van der Waals surface area contributed by atoms with Gasteiger partial charge >= 0.3 is 0 Å². The zero-order chi connectivity index (χ0) is 16.5. The van der Waals surface area contributed by atoms with Crippen LogP contribution >= 0.6 is 0 Å². The first-order valence-electron chi connectivity index (χ1n) is 8.56. The van der Waals surface area contributed by atoms with Gasteiger partial charge in [0.05, 0.1) is 12.2 Å². The summed E-state index contributed by atoms with van der Waals surface area (Å²) in [5.74, 6) is 1.09. The number of carbonyl (C=O) groups is 1. The van der Waals surface area contributed by atoms with Gasteiger partial charge in [-0.2, -0.15) is 5.10 Å². The zero-order valence-corrected chi connectivity index (χ0v) is 13.5. The number of hydrogen-bond donors (Lipinski definition) is 1. The van der Waals surface area contributed by atoms with Crippen molar-refractivity contribution in [3.63, 3.8) is 0 Å². The highest BCUT2D eigenvalue weighted by atomic mass is 16.5. The molecular weight excluding hydrogens is 308 g/mol. The van der Waals surface area contributed by atoms with Crippen LogP contribution < -0.4 is 10.9 Å². The molecule has 7 nitrogen and oxygen atoms in total. The van der Waals surface area contributed by atoms with Crippen molar-refractivity contribution in [3.8, 4) is 0 Å². The third-order valence-corrected chi connectivity index (χ3v) is 4.66. The average molecular weight is 328 g/mol. The topological polar surface area (TPSA) is 90.0 Å². The number of aromatic nitrogens is 3. The molecule has 1 amide bonds. The number of amides is 1. The van der Waals surface area contributed by atoms with E-state index in [2.05, 4.69) is 15.6 Å². The van der Waals surface area contributed by atoms with E-state index in [0.717, 1.165) is 55.5 Å². The van der Waals surface area contributed by atoms with Gasteiger partial charge in [0.1, 0.15) is 5.76 Å². The molecule has 0 aromatic carbocycles. The smallest absolute Gasteiger partial charge is 0.273 e. The molecule has 1 N–H and O–H groups in total. The van der Waals surface area contributed by atoms with Crippen LogP contribution in [0.4, 0.5) is 0 Å². The molecule has 24 heavy (non-hydrogen) atoms. The fraction of sp³-hybridized carbons (Fsp3) is 0.529. The van der Waals surface area contributed by atoms with E-state index in [-0.39, 0.29) is 11.5 Å². The minimum Gasteiger partial charge on any atom is -0.360 e. The van der Waals surface area contributed by atoms with E-state index in [1.54, 1.807) is 12.1 Å². The lowest BCUT2D eigenvalue weighted by Crippen LogP contribution is -2.32. The van der Waals surface area contributed by atoms with E-state index in [4.69, 9.17) is 4.52 Å². The van der Waals surface area contributed by atoms with Gasteiger partial charge in [0, 0.05) is 30.5 Å². The predicted octanol–water partition coefficient (Wildman–Crippen LogP) is 1.42. The van der Waals surface area contributed by atoms with Crippen molar-refractivity contribution < 1.29 is 9.32 Å². The third-order valence-electron chi connectivity index (χ3n) is 4.66. The lowest BCUT2D eigenvalue weighted by Gasteiger charge is -2.10. The Bertz CT molecular complexity index is 819. The second kappa shape index (κ2) is 6.22. The van der Waals surface area contributed by atoms with Crippen molar-refractivity contribution in [2.45, 2.75) is 51.0 Å². The molecule has 4 rings (SSSR count). The Morgan fingerprint density at radius 2 is 2.12 bits per heavy atom. The van der Waals surface area contributed by atoms with Crippen LogP contribution in [0.1, 0.15) is 59.1 Å². The second-order valence-electron chi connectivity index (χ2n) is 6.49. The van der Waals surface area contributed by atoms with E-state index in [0.29, 0.717) is 24.7 Å². The molecule has 0 aliphatic heterocycles. The fourth-order valence-electron chi connectivity index (χ4n) is 3.14. The van der Waals surface area contributed by atoms with E-state index >= 15 is 0 Å². The molecule has 0 spiro atoms. The highest BCUT2D eigenvalue weighted by molar-refractivity contribution is 5.93. The summed E-state index contributed by atoms with van der Waals surface area (Å²) >= 11 is 0. The van der Waals surface area contributed by atoms with Crippen molar-refractivity contribution in [2.75, 3.05) is 6.54 Å². The molecule has 1 fully saturated rings. The highest BCUT2D eigenvalue weighted by Crippen LogP contribution is 2.38. The number of rotatable bonds is 5. The van der Waals surface area contributed by atoms with Crippen molar-refractivity contribution in [3.05, 3.63) is 45.2 Å². The van der Waals surface area contributed by atoms with Gasteiger partial charge in [-0.05, 0) is 38.2 Å². The van der Waals surface area contributed by atoms with E-state index in [1.165, 1.54) is 4.68 Å². The first-order valence-corrected chi connectivity index (χ1v) is 8.56. The summed E-state index contributed by atoms with van der Waals surface area (Å²) in [5.41, 5.74) is 2.14. The number of nitrogens with one attached hydrogen (secondary N) is 1. The summed E-state index contributed by atoms with van der Waals surface area (Å²) in [7, 11) is 0. The summed E-state index contributed by atoms with van der Waals surface area (Å²) < 4.78 is 6.69. The van der Waals surface area contributed by atoms with E-state index in [9.17, 15) is 9.59 Å². The maximum Gasteiger partial charge on any atom is 0.273 e. The van der Waals surface area contributed by atoms with Gasteiger partial charge in [-0.1, -0.05) is 5.16 Å². The number of nitrogens with zero attached hydrogens (tertiary/aromatic N) is 3. The Labute approximate surface area is 139 Å². The number of fused-ring (bicyclic) bond motifs is 1. The largest absolute Gasteiger partial charge is 0.360 e. The predicted molar refractivity (Wildman–Crippen MR) is 86.0 cm³/mol. The van der Waals surface area contributed by atoms with Gasteiger partial charge in [-0.15, -0.1) is 0 Å². The van der Waals surface area contributed by atoms with Crippen molar-refractivity contribution in [2.24, 2.45) is 0 Å². The molecule has 7 heteroatoms. The minimum absolute atomic E-state index is 0.146. The van der Waals surface area contributed by atoms with Gasteiger partial charge in [-0.25, -0.2) is 4.68 Å². The average Bonchev–Trinajstić information content (AvgIpc) is 3.35. The SMILES string of the molecule is O=C(NCCn1nc(C2CC2)ccc1=O)c1noc2c1CCCC2. The van der Waals surface area contributed by atoms with Crippen LogP contribution in [0.5, 0.6) is 0 Å². The van der Waals surface area contributed by atoms with Gasteiger partial charge < -0.3 is 9.84 Å². The summed E-state index contributed by atoms with van der Waals surface area (Å²) in [6.45, 7) is 0.687. The van der Waals surface area contributed by atoms with Crippen LogP contribution in [-0.4, -0.2) is 27.4 Å². The molecule has 0 saturated heterocycles. The highest BCUT2D eigenvalue weighted by Gasteiger charge is 2.26. The van der Waals surface area contributed by atoms with Crippen LogP contribution in [0.25, 0.3) is 0 Å². The van der Waals surface area contributed by atoms with E-state index < -0.39 is 0 Å². The molecule has 126 valence electrons. The van der Waals surface area contributed by atoms with Gasteiger partial charge in [-0.3, -0.25) is 9.59 Å². The molecule has 0 atom stereocenters. The molecule has 2 heterocycles.